The smallest absolute Gasteiger partial charge is 0.0815 e. The topological polar surface area (TPSA) is 9.23 Å². The third kappa shape index (κ3) is 7.25. The van der Waals surface area contributed by atoms with E-state index in [-0.39, 0.29) is 6.10 Å². The highest BCUT2D eigenvalue weighted by Crippen LogP contribution is 2.27. The van der Waals surface area contributed by atoms with Gasteiger partial charge in [0.25, 0.3) is 0 Å². The van der Waals surface area contributed by atoms with Gasteiger partial charge in [-0.05, 0) is 61.2 Å². The van der Waals surface area contributed by atoms with Gasteiger partial charge in [0, 0.05) is 10.0 Å². The molecule has 0 bridgehead atoms. The standard InChI is InChI=1S/C17H18Cl2O.2C2H6/c1-11-4-7-16(17(19)8-11)13(3)20-10-14-5-6-15(18)9-12(14)2;2*1-2/h4-9,13H,10H2,1-3H3;2*1-2H3. The largest absolute Gasteiger partial charge is 0.369 e. The van der Waals surface area contributed by atoms with Crippen LogP contribution >= 0.6 is 23.2 Å². The molecule has 2 aromatic rings. The lowest BCUT2D eigenvalue weighted by Crippen LogP contribution is -2.02. The number of hydrogen-bond acceptors (Lipinski definition) is 1. The quantitative estimate of drug-likeness (QED) is 0.531. The fourth-order valence-corrected chi connectivity index (χ4v) is 2.70. The summed E-state index contributed by atoms with van der Waals surface area (Å²) in [6.07, 6.45) is -0.0434. The van der Waals surface area contributed by atoms with Crippen LogP contribution in [0.2, 0.25) is 10.0 Å². The highest BCUT2D eigenvalue weighted by atomic mass is 35.5. The molecule has 0 aromatic heterocycles. The van der Waals surface area contributed by atoms with Crippen LogP contribution in [0.4, 0.5) is 0 Å². The number of halogens is 2. The van der Waals surface area contributed by atoms with Crippen molar-refractivity contribution in [3.8, 4) is 0 Å². The summed E-state index contributed by atoms with van der Waals surface area (Å²) in [4.78, 5) is 0. The molecule has 0 spiro atoms. The maximum Gasteiger partial charge on any atom is 0.0815 e. The molecule has 0 fully saturated rings. The summed E-state index contributed by atoms with van der Waals surface area (Å²) in [5.74, 6) is 0. The minimum atomic E-state index is -0.0434. The normalized spacial score (nSPS) is 10.9. The first-order chi connectivity index (χ1) is 11.5. The van der Waals surface area contributed by atoms with Crippen molar-refractivity contribution in [1.29, 1.82) is 0 Å². The van der Waals surface area contributed by atoms with E-state index in [1.165, 1.54) is 0 Å². The molecule has 3 heteroatoms. The Morgan fingerprint density at radius 3 is 2.08 bits per heavy atom. The van der Waals surface area contributed by atoms with Crippen LogP contribution in [0.25, 0.3) is 0 Å². The fraction of sp³-hybridized carbons (Fsp3) is 0.429. The lowest BCUT2D eigenvalue weighted by molar-refractivity contribution is 0.0523. The van der Waals surface area contributed by atoms with Crippen LogP contribution < -0.4 is 0 Å². The molecule has 1 unspecified atom stereocenters. The monoisotopic (exact) mass is 368 g/mol. The maximum atomic E-state index is 6.26. The highest BCUT2D eigenvalue weighted by Gasteiger charge is 2.11. The summed E-state index contributed by atoms with van der Waals surface area (Å²) in [5.41, 5.74) is 4.45. The molecule has 0 saturated carbocycles. The summed E-state index contributed by atoms with van der Waals surface area (Å²) in [6.45, 7) is 14.6. The predicted molar refractivity (Wildman–Crippen MR) is 108 cm³/mol. The van der Waals surface area contributed by atoms with E-state index < -0.39 is 0 Å². The maximum absolute atomic E-state index is 6.26. The van der Waals surface area contributed by atoms with E-state index in [1.54, 1.807) is 0 Å². The van der Waals surface area contributed by atoms with E-state index in [1.807, 2.05) is 78.8 Å². The van der Waals surface area contributed by atoms with Gasteiger partial charge >= 0.3 is 0 Å². The van der Waals surface area contributed by atoms with Gasteiger partial charge in [0.2, 0.25) is 0 Å². The van der Waals surface area contributed by atoms with Crippen LogP contribution in [0.5, 0.6) is 0 Å². The fourth-order valence-electron chi connectivity index (χ4n) is 2.09. The minimum absolute atomic E-state index is 0.0434. The molecule has 0 N–H and O–H groups in total. The Balaban J connectivity index is 0.00000123. The molecule has 0 aliphatic carbocycles. The summed E-state index contributed by atoms with van der Waals surface area (Å²) in [7, 11) is 0. The Morgan fingerprint density at radius 2 is 1.54 bits per heavy atom. The number of ether oxygens (including phenoxy) is 1. The van der Waals surface area contributed by atoms with Crippen molar-refractivity contribution in [2.45, 2.75) is 61.2 Å². The molecule has 1 atom stereocenters. The molecule has 0 aliphatic heterocycles. The van der Waals surface area contributed by atoms with Crippen molar-refractivity contribution in [3.05, 3.63) is 68.7 Å². The van der Waals surface area contributed by atoms with Gasteiger partial charge in [-0.25, -0.2) is 0 Å². The van der Waals surface area contributed by atoms with Crippen LogP contribution in [-0.2, 0) is 11.3 Å². The van der Waals surface area contributed by atoms with Gasteiger partial charge in [-0.1, -0.05) is 69.1 Å². The number of benzene rings is 2. The second-order valence-corrected chi connectivity index (χ2v) is 5.89. The third-order valence-electron chi connectivity index (χ3n) is 3.39. The molecule has 0 amide bonds. The summed E-state index contributed by atoms with van der Waals surface area (Å²) in [6, 6.07) is 11.9. The lowest BCUT2D eigenvalue weighted by atomic mass is 10.1. The first-order valence-corrected chi connectivity index (χ1v) is 9.35. The van der Waals surface area contributed by atoms with E-state index in [0.717, 1.165) is 32.3 Å². The average Bonchev–Trinajstić information content (AvgIpc) is 2.57. The Kier molecular flexibility index (Phi) is 11.8. The van der Waals surface area contributed by atoms with Crippen LogP contribution in [0.15, 0.2) is 36.4 Å². The third-order valence-corrected chi connectivity index (χ3v) is 3.95. The number of rotatable bonds is 4. The molecule has 0 aliphatic rings. The Labute approximate surface area is 158 Å². The molecule has 2 aromatic carbocycles. The van der Waals surface area contributed by atoms with E-state index in [4.69, 9.17) is 27.9 Å². The molecule has 0 radical (unpaired) electrons. The summed E-state index contributed by atoms with van der Waals surface area (Å²) < 4.78 is 5.93. The van der Waals surface area contributed by atoms with Crippen molar-refractivity contribution in [2.24, 2.45) is 0 Å². The van der Waals surface area contributed by atoms with Crippen LogP contribution in [-0.4, -0.2) is 0 Å². The van der Waals surface area contributed by atoms with Crippen LogP contribution in [0.1, 0.15) is 63.0 Å². The van der Waals surface area contributed by atoms with E-state index >= 15 is 0 Å². The molecular weight excluding hydrogens is 339 g/mol. The zero-order chi connectivity index (χ0) is 18.7. The van der Waals surface area contributed by atoms with Gasteiger partial charge in [0.05, 0.1) is 12.7 Å². The van der Waals surface area contributed by atoms with Gasteiger partial charge in [0.15, 0.2) is 0 Å². The number of hydrogen-bond donors (Lipinski definition) is 0. The van der Waals surface area contributed by atoms with Crippen LogP contribution in [0.3, 0.4) is 0 Å². The van der Waals surface area contributed by atoms with Gasteiger partial charge in [-0.15, -0.1) is 0 Å². The molecular formula is C21H30Cl2O. The summed E-state index contributed by atoms with van der Waals surface area (Å²) in [5, 5.41) is 1.51. The number of aryl methyl sites for hydroxylation is 2. The highest BCUT2D eigenvalue weighted by molar-refractivity contribution is 6.31. The Morgan fingerprint density at radius 1 is 0.917 bits per heavy atom. The minimum Gasteiger partial charge on any atom is -0.369 e. The van der Waals surface area contributed by atoms with Crippen molar-refractivity contribution < 1.29 is 4.74 Å². The van der Waals surface area contributed by atoms with Gasteiger partial charge < -0.3 is 4.74 Å². The second kappa shape index (κ2) is 12.4. The SMILES string of the molecule is CC.CC.Cc1ccc(C(C)OCc2ccc(Cl)cc2C)c(Cl)c1. The lowest BCUT2D eigenvalue weighted by Gasteiger charge is -2.16. The first-order valence-electron chi connectivity index (χ1n) is 8.60. The average molecular weight is 369 g/mol. The zero-order valence-electron chi connectivity index (χ0n) is 15.9. The molecule has 1 nitrogen and oxygen atoms in total. The van der Waals surface area contributed by atoms with Gasteiger partial charge in [0.1, 0.15) is 0 Å². The van der Waals surface area contributed by atoms with Crippen molar-refractivity contribution in [1.82, 2.24) is 0 Å². The molecule has 0 saturated heterocycles. The molecule has 2 rings (SSSR count). The Hall–Kier alpha value is -1.02. The van der Waals surface area contributed by atoms with Crippen LogP contribution in [0, 0.1) is 13.8 Å². The summed E-state index contributed by atoms with van der Waals surface area (Å²) >= 11 is 12.2. The second-order valence-electron chi connectivity index (χ2n) is 5.05. The molecule has 24 heavy (non-hydrogen) atoms. The van der Waals surface area contributed by atoms with Crippen molar-refractivity contribution in [2.75, 3.05) is 0 Å². The van der Waals surface area contributed by atoms with E-state index in [0.29, 0.717) is 6.61 Å². The van der Waals surface area contributed by atoms with Crippen molar-refractivity contribution >= 4 is 23.2 Å². The molecule has 0 heterocycles. The van der Waals surface area contributed by atoms with E-state index in [2.05, 4.69) is 6.07 Å². The zero-order valence-corrected chi connectivity index (χ0v) is 17.4. The Bertz CT molecular complexity index is 609. The van der Waals surface area contributed by atoms with Crippen molar-refractivity contribution in [3.63, 3.8) is 0 Å². The first kappa shape index (κ1) is 23.0. The predicted octanol–water partition coefficient (Wildman–Crippen LogP) is 7.94. The molecule has 134 valence electrons. The van der Waals surface area contributed by atoms with Gasteiger partial charge in [-0.3, -0.25) is 0 Å². The van der Waals surface area contributed by atoms with E-state index in [9.17, 15) is 0 Å². The van der Waals surface area contributed by atoms with Gasteiger partial charge in [-0.2, -0.15) is 0 Å².